The van der Waals surface area contributed by atoms with E-state index in [0.717, 1.165) is 6.08 Å². The van der Waals surface area contributed by atoms with Crippen molar-refractivity contribution in [2.24, 2.45) is 0 Å². The summed E-state index contributed by atoms with van der Waals surface area (Å²) in [7, 11) is 0. The molecule has 38 valence electrons. The first kappa shape index (κ1) is 4.53. The van der Waals surface area contributed by atoms with Gasteiger partial charge in [0.1, 0.15) is 5.83 Å². The molecule has 1 aliphatic rings. The lowest BCUT2D eigenvalue weighted by Crippen LogP contribution is -1.90. The topological polar surface area (TPSA) is 20.2 Å². The van der Waals surface area contributed by atoms with E-state index < -0.39 is 6.10 Å². The molecule has 0 amide bonds. The molecule has 0 fully saturated rings. The highest BCUT2D eigenvalue weighted by molar-refractivity contribution is 5.24. The molecule has 0 saturated carbocycles. The van der Waals surface area contributed by atoms with Crippen LogP contribution in [0.3, 0.4) is 0 Å². The van der Waals surface area contributed by atoms with Crippen molar-refractivity contribution < 1.29 is 9.50 Å². The average molecular weight is 100 g/mol. The molecule has 1 aliphatic carbocycles. The van der Waals surface area contributed by atoms with Gasteiger partial charge in [0.2, 0.25) is 0 Å². The quantitative estimate of drug-likeness (QED) is 0.476. The molecule has 0 aliphatic heterocycles. The van der Waals surface area contributed by atoms with Crippen molar-refractivity contribution in [1.82, 2.24) is 0 Å². The Kier molecular flexibility index (Phi) is 0.947. The van der Waals surface area contributed by atoms with Crippen LogP contribution < -0.4 is 0 Å². The standard InChI is InChI=1S/C5H5FO/c6-4-1-2-5(7)3-4/h1-3,5,7H. The fourth-order valence-electron chi connectivity index (χ4n) is 0.465. The maximum Gasteiger partial charge on any atom is 0.121 e. The molecule has 0 aromatic carbocycles. The molecule has 0 aromatic heterocycles. The van der Waals surface area contributed by atoms with Crippen LogP contribution in [0.25, 0.3) is 0 Å². The molecule has 1 rings (SSSR count). The Labute approximate surface area is 40.8 Å². The van der Waals surface area contributed by atoms with Gasteiger partial charge < -0.3 is 5.11 Å². The predicted molar refractivity (Wildman–Crippen MR) is 24.3 cm³/mol. The summed E-state index contributed by atoms with van der Waals surface area (Å²) >= 11 is 0. The monoisotopic (exact) mass is 100 g/mol. The SMILES string of the molecule is OC1C=CC(F)=C1. The van der Waals surface area contributed by atoms with Crippen LogP contribution in [0, 0.1) is 0 Å². The minimum atomic E-state index is -0.694. The van der Waals surface area contributed by atoms with Crippen LogP contribution in [0.1, 0.15) is 0 Å². The van der Waals surface area contributed by atoms with E-state index in [-0.39, 0.29) is 5.83 Å². The Morgan fingerprint density at radius 1 is 1.71 bits per heavy atom. The van der Waals surface area contributed by atoms with Crippen molar-refractivity contribution in [3.8, 4) is 0 Å². The van der Waals surface area contributed by atoms with Crippen molar-refractivity contribution in [1.29, 1.82) is 0 Å². The first-order valence-corrected chi connectivity index (χ1v) is 2.02. The van der Waals surface area contributed by atoms with Gasteiger partial charge >= 0.3 is 0 Å². The van der Waals surface area contributed by atoms with E-state index in [4.69, 9.17) is 5.11 Å². The van der Waals surface area contributed by atoms with Gasteiger partial charge in [-0.25, -0.2) is 4.39 Å². The molecule has 0 heterocycles. The molecule has 2 heteroatoms. The second-order valence-electron chi connectivity index (χ2n) is 1.40. The Balaban J connectivity index is 2.69. The third kappa shape index (κ3) is 0.871. The molecule has 1 N–H and O–H groups in total. The largest absolute Gasteiger partial charge is 0.385 e. The number of rotatable bonds is 0. The van der Waals surface area contributed by atoms with E-state index >= 15 is 0 Å². The van der Waals surface area contributed by atoms with Gasteiger partial charge in [0.15, 0.2) is 0 Å². The molecule has 0 radical (unpaired) electrons. The molecular formula is C5H5FO. The summed E-state index contributed by atoms with van der Waals surface area (Å²) in [5, 5.41) is 8.50. The summed E-state index contributed by atoms with van der Waals surface area (Å²) in [6.07, 6.45) is 3.07. The lowest BCUT2D eigenvalue weighted by Gasteiger charge is -1.84. The van der Waals surface area contributed by atoms with Crippen molar-refractivity contribution >= 4 is 0 Å². The van der Waals surface area contributed by atoms with Crippen LogP contribution >= 0.6 is 0 Å². The molecule has 1 atom stereocenters. The summed E-state index contributed by atoms with van der Waals surface area (Å²) in [6.45, 7) is 0. The Hall–Kier alpha value is -0.630. The van der Waals surface area contributed by atoms with Gasteiger partial charge in [0.25, 0.3) is 0 Å². The van der Waals surface area contributed by atoms with Gasteiger partial charge in [-0.2, -0.15) is 0 Å². The zero-order chi connectivity index (χ0) is 5.28. The average Bonchev–Trinajstić information content (AvgIpc) is 1.87. The second kappa shape index (κ2) is 1.46. The highest BCUT2D eigenvalue weighted by Gasteiger charge is 2.02. The minimum Gasteiger partial charge on any atom is -0.385 e. The summed E-state index contributed by atoms with van der Waals surface area (Å²) in [5.41, 5.74) is 0. The molecule has 7 heavy (non-hydrogen) atoms. The predicted octanol–water partition coefficient (Wildman–Crippen LogP) is 0.770. The van der Waals surface area contributed by atoms with E-state index in [0.29, 0.717) is 0 Å². The van der Waals surface area contributed by atoms with E-state index in [1.165, 1.54) is 12.2 Å². The summed E-state index contributed by atoms with van der Waals surface area (Å²) in [6, 6.07) is 0. The third-order valence-electron chi connectivity index (χ3n) is 0.783. The number of hydrogen-bond donors (Lipinski definition) is 1. The Morgan fingerprint density at radius 2 is 2.43 bits per heavy atom. The lowest BCUT2D eigenvalue weighted by molar-refractivity contribution is 0.273. The van der Waals surface area contributed by atoms with Crippen LogP contribution in [-0.4, -0.2) is 11.2 Å². The zero-order valence-corrected chi connectivity index (χ0v) is 3.63. The van der Waals surface area contributed by atoms with Crippen molar-refractivity contribution in [3.63, 3.8) is 0 Å². The van der Waals surface area contributed by atoms with Crippen LogP contribution in [-0.2, 0) is 0 Å². The van der Waals surface area contributed by atoms with Gasteiger partial charge in [0, 0.05) is 0 Å². The number of hydrogen-bond acceptors (Lipinski definition) is 1. The van der Waals surface area contributed by atoms with Crippen LogP contribution in [0.4, 0.5) is 4.39 Å². The molecule has 0 aromatic rings. The number of aliphatic hydroxyl groups is 1. The Bertz CT molecular complexity index is 126. The lowest BCUT2D eigenvalue weighted by atomic mass is 10.4. The van der Waals surface area contributed by atoms with Gasteiger partial charge in [-0.05, 0) is 18.2 Å². The molecule has 0 saturated heterocycles. The first-order chi connectivity index (χ1) is 3.29. The smallest absolute Gasteiger partial charge is 0.121 e. The highest BCUT2D eigenvalue weighted by Crippen LogP contribution is 2.08. The van der Waals surface area contributed by atoms with Gasteiger partial charge in [-0.1, -0.05) is 0 Å². The van der Waals surface area contributed by atoms with Crippen molar-refractivity contribution in [3.05, 3.63) is 24.1 Å². The van der Waals surface area contributed by atoms with E-state index in [1.807, 2.05) is 0 Å². The number of aliphatic hydroxyl groups excluding tert-OH is 1. The fourth-order valence-corrected chi connectivity index (χ4v) is 0.465. The zero-order valence-electron chi connectivity index (χ0n) is 3.63. The number of allylic oxidation sites excluding steroid dienone is 2. The van der Waals surface area contributed by atoms with E-state index in [9.17, 15) is 4.39 Å². The summed E-state index contributed by atoms with van der Waals surface area (Å²) < 4.78 is 11.8. The van der Waals surface area contributed by atoms with Crippen LogP contribution in [0.15, 0.2) is 24.1 Å². The second-order valence-corrected chi connectivity index (χ2v) is 1.40. The Morgan fingerprint density at radius 3 is 2.57 bits per heavy atom. The highest BCUT2D eigenvalue weighted by atomic mass is 19.1. The molecular weight excluding hydrogens is 95.1 g/mol. The number of halogens is 1. The van der Waals surface area contributed by atoms with E-state index in [2.05, 4.69) is 0 Å². The molecule has 0 spiro atoms. The van der Waals surface area contributed by atoms with Crippen molar-refractivity contribution in [2.45, 2.75) is 6.10 Å². The van der Waals surface area contributed by atoms with E-state index in [1.54, 1.807) is 0 Å². The normalized spacial score (nSPS) is 28.3. The van der Waals surface area contributed by atoms with Gasteiger partial charge in [-0.3, -0.25) is 0 Å². The van der Waals surface area contributed by atoms with Crippen molar-refractivity contribution in [2.75, 3.05) is 0 Å². The van der Waals surface area contributed by atoms with Gasteiger partial charge in [-0.15, -0.1) is 0 Å². The molecule has 1 unspecified atom stereocenters. The van der Waals surface area contributed by atoms with Crippen LogP contribution in [0.5, 0.6) is 0 Å². The third-order valence-corrected chi connectivity index (χ3v) is 0.783. The van der Waals surface area contributed by atoms with Gasteiger partial charge in [0.05, 0.1) is 6.10 Å². The summed E-state index contributed by atoms with van der Waals surface area (Å²) in [5.74, 6) is -0.354. The summed E-state index contributed by atoms with van der Waals surface area (Å²) in [4.78, 5) is 0. The minimum absolute atomic E-state index is 0.354. The molecule has 0 bridgehead atoms. The first-order valence-electron chi connectivity index (χ1n) is 2.02. The maximum atomic E-state index is 11.8. The molecule has 1 nitrogen and oxygen atoms in total. The maximum absolute atomic E-state index is 11.8. The van der Waals surface area contributed by atoms with Crippen LogP contribution in [0.2, 0.25) is 0 Å². The fraction of sp³-hybridized carbons (Fsp3) is 0.200.